The first-order chi connectivity index (χ1) is 5.79. The van der Waals surface area contributed by atoms with E-state index in [9.17, 15) is 0 Å². The summed E-state index contributed by atoms with van der Waals surface area (Å²) in [5.74, 6) is 0. The smallest absolute Gasteiger partial charge is 1.00 e. The zero-order valence-corrected chi connectivity index (χ0v) is 13.5. The molecule has 3 heteroatoms. The van der Waals surface area contributed by atoms with Crippen LogP contribution < -0.4 is 24.8 Å². The summed E-state index contributed by atoms with van der Waals surface area (Å²) in [6.45, 7) is 4.29. The fourth-order valence-corrected chi connectivity index (χ4v) is 1.49. The van der Waals surface area contributed by atoms with Gasteiger partial charge in [0, 0.05) is 0 Å². The van der Waals surface area contributed by atoms with Crippen LogP contribution >= 0.6 is 0 Å². The van der Waals surface area contributed by atoms with Gasteiger partial charge >= 0.3 is 26.2 Å². The SMILES string of the molecule is CC1=[C-]CCC1.CC1=[C-]CCC1.[Cl-].[Cl-].[Zr+4]. The van der Waals surface area contributed by atoms with Gasteiger partial charge in [-0.15, -0.1) is 0 Å². The van der Waals surface area contributed by atoms with E-state index >= 15 is 0 Å². The number of hydrogen-bond donors (Lipinski definition) is 0. The van der Waals surface area contributed by atoms with Crippen LogP contribution in [-0.2, 0) is 26.2 Å². The van der Waals surface area contributed by atoms with Gasteiger partial charge in [0.25, 0.3) is 0 Å². The summed E-state index contributed by atoms with van der Waals surface area (Å²) in [4.78, 5) is 0. The Morgan fingerprint density at radius 1 is 0.800 bits per heavy atom. The maximum absolute atomic E-state index is 3.24. The van der Waals surface area contributed by atoms with Gasteiger partial charge in [0.2, 0.25) is 0 Å². The molecular weight excluding hydrogens is 306 g/mol. The van der Waals surface area contributed by atoms with Crippen molar-refractivity contribution in [1.82, 2.24) is 0 Å². The van der Waals surface area contributed by atoms with E-state index in [0.717, 1.165) is 0 Å². The number of hydrogen-bond acceptors (Lipinski definition) is 0. The van der Waals surface area contributed by atoms with Crippen molar-refractivity contribution in [2.24, 2.45) is 0 Å². The molecule has 0 aliphatic heterocycles. The summed E-state index contributed by atoms with van der Waals surface area (Å²) in [5, 5.41) is 0. The van der Waals surface area contributed by atoms with Crippen molar-refractivity contribution in [3.8, 4) is 0 Å². The van der Waals surface area contributed by atoms with Crippen molar-refractivity contribution >= 4 is 0 Å². The molecule has 15 heavy (non-hydrogen) atoms. The van der Waals surface area contributed by atoms with Crippen LogP contribution in [0.4, 0.5) is 0 Å². The quantitative estimate of drug-likeness (QED) is 0.446. The number of halogens is 2. The minimum absolute atomic E-state index is 0. The van der Waals surface area contributed by atoms with Crippen LogP contribution in [0.15, 0.2) is 11.1 Å². The minimum atomic E-state index is 0. The summed E-state index contributed by atoms with van der Waals surface area (Å²) >= 11 is 0. The molecule has 2 rings (SSSR count). The average Bonchev–Trinajstić information content (AvgIpc) is 2.63. The number of rotatable bonds is 0. The molecule has 84 valence electrons. The molecule has 0 aromatic heterocycles. The molecule has 0 aromatic rings. The van der Waals surface area contributed by atoms with Gasteiger partial charge in [0.15, 0.2) is 0 Å². The fourth-order valence-electron chi connectivity index (χ4n) is 1.49. The predicted octanol–water partition coefficient (Wildman–Crippen LogP) is -2.15. The van der Waals surface area contributed by atoms with E-state index in [4.69, 9.17) is 0 Å². The average molecular weight is 324 g/mol. The summed E-state index contributed by atoms with van der Waals surface area (Å²) < 4.78 is 0. The third-order valence-electron chi connectivity index (χ3n) is 2.31. The van der Waals surface area contributed by atoms with Gasteiger partial charge in [-0.05, 0) is 0 Å². The second-order valence-corrected chi connectivity index (χ2v) is 3.62. The van der Waals surface area contributed by atoms with Gasteiger partial charge < -0.3 is 37.0 Å². The fraction of sp³-hybridized carbons (Fsp3) is 0.667. The van der Waals surface area contributed by atoms with Gasteiger partial charge in [-0.25, -0.2) is 0 Å². The first-order valence-corrected chi connectivity index (χ1v) is 4.91. The predicted molar refractivity (Wildman–Crippen MR) is 52.6 cm³/mol. The molecule has 0 fully saturated rings. The van der Waals surface area contributed by atoms with Crippen LogP contribution in [0.3, 0.4) is 0 Å². The van der Waals surface area contributed by atoms with Crippen LogP contribution in [0, 0.1) is 12.2 Å². The maximum Gasteiger partial charge on any atom is 4.00 e. The van der Waals surface area contributed by atoms with Crippen LogP contribution in [0.5, 0.6) is 0 Å². The normalized spacial score (nSPS) is 16.9. The Labute approximate surface area is 126 Å². The third kappa shape index (κ3) is 11.2. The molecule has 0 saturated carbocycles. The van der Waals surface area contributed by atoms with Crippen molar-refractivity contribution in [2.45, 2.75) is 52.4 Å². The molecule has 2 aliphatic rings. The van der Waals surface area contributed by atoms with E-state index in [2.05, 4.69) is 26.0 Å². The molecule has 0 N–H and O–H groups in total. The molecule has 0 nitrogen and oxygen atoms in total. The van der Waals surface area contributed by atoms with Gasteiger partial charge in [0.05, 0.1) is 0 Å². The van der Waals surface area contributed by atoms with Crippen molar-refractivity contribution < 1.29 is 51.0 Å². The largest absolute Gasteiger partial charge is 4.00 e. The topological polar surface area (TPSA) is 0 Å². The van der Waals surface area contributed by atoms with E-state index in [1.165, 1.54) is 49.7 Å². The Morgan fingerprint density at radius 3 is 1.20 bits per heavy atom. The van der Waals surface area contributed by atoms with Gasteiger partial charge in [-0.3, -0.25) is 11.1 Å². The molecule has 2 aliphatic carbocycles. The Balaban J connectivity index is -0.000000160. The molecule has 0 unspecified atom stereocenters. The van der Waals surface area contributed by atoms with E-state index in [0.29, 0.717) is 0 Å². The second-order valence-electron chi connectivity index (χ2n) is 3.62. The molecule has 0 heterocycles. The van der Waals surface area contributed by atoms with Gasteiger partial charge in [-0.1, -0.05) is 39.5 Å². The molecule has 0 spiro atoms. The summed E-state index contributed by atoms with van der Waals surface area (Å²) in [6, 6.07) is 0. The van der Waals surface area contributed by atoms with E-state index in [1.54, 1.807) is 0 Å². The summed E-state index contributed by atoms with van der Waals surface area (Å²) in [7, 11) is 0. The third-order valence-corrected chi connectivity index (χ3v) is 2.31. The van der Waals surface area contributed by atoms with Crippen molar-refractivity contribution in [1.29, 1.82) is 0 Å². The Bertz CT molecular complexity index is 176. The van der Waals surface area contributed by atoms with Gasteiger partial charge in [-0.2, -0.15) is 12.8 Å². The molecule has 0 aromatic carbocycles. The molecule has 0 atom stereocenters. The van der Waals surface area contributed by atoms with E-state index in [-0.39, 0.29) is 51.0 Å². The molecule has 0 bridgehead atoms. The van der Waals surface area contributed by atoms with Gasteiger partial charge in [0.1, 0.15) is 0 Å². The first kappa shape index (κ1) is 21.3. The van der Waals surface area contributed by atoms with Crippen molar-refractivity contribution in [2.75, 3.05) is 0 Å². The molecule has 0 amide bonds. The maximum atomic E-state index is 3.24. The first-order valence-electron chi connectivity index (χ1n) is 4.91. The summed E-state index contributed by atoms with van der Waals surface area (Å²) in [6.07, 6.45) is 14.1. The second kappa shape index (κ2) is 13.0. The Kier molecular flexibility index (Phi) is 18.4. The monoisotopic (exact) mass is 322 g/mol. The van der Waals surface area contributed by atoms with Crippen molar-refractivity contribution in [3.05, 3.63) is 23.3 Å². The van der Waals surface area contributed by atoms with Crippen LogP contribution in [0.1, 0.15) is 52.4 Å². The minimum Gasteiger partial charge on any atom is -1.00 e. The van der Waals surface area contributed by atoms with Crippen LogP contribution in [0.25, 0.3) is 0 Å². The zero-order valence-electron chi connectivity index (χ0n) is 9.50. The van der Waals surface area contributed by atoms with E-state index < -0.39 is 0 Å². The van der Waals surface area contributed by atoms with Crippen LogP contribution in [0.2, 0.25) is 0 Å². The van der Waals surface area contributed by atoms with Crippen molar-refractivity contribution in [3.63, 3.8) is 0 Å². The summed E-state index contributed by atoms with van der Waals surface area (Å²) in [5.41, 5.74) is 2.91. The molecule has 0 saturated heterocycles. The zero-order chi connectivity index (χ0) is 8.81. The molecule has 0 radical (unpaired) electrons. The standard InChI is InChI=1S/2C6H9.2ClH.Zr/c2*1-6-4-2-3-5-6;;;/h2*2-4H2,1H3;2*1H;/q2*-1;;;+4/p-2. The van der Waals surface area contributed by atoms with E-state index in [1.807, 2.05) is 0 Å². The number of allylic oxidation sites excluding steroid dienone is 4. The Hall–Kier alpha value is 0.943. The Morgan fingerprint density at radius 2 is 1.13 bits per heavy atom. The molecular formula is C12H18Cl2Zr. The van der Waals surface area contributed by atoms with Crippen LogP contribution in [-0.4, -0.2) is 0 Å².